The van der Waals surface area contributed by atoms with Gasteiger partial charge in [0.2, 0.25) is 0 Å². The van der Waals surface area contributed by atoms with Gasteiger partial charge in [0.1, 0.15) is 5.75 Å². The highest BCUT2D eigenvalue weighted by Crippen LogP contribution is 2.16. The Labute approximate surface area is 185 Å². The number of nitrogens with one attached hydrogen (secondary N) is 1. The summed E-state index contributed by atoms with van der Waals surface area (Å²) in [5.41, 5.74) is 18.5. The van der Waals surface area contributed by atoms with E-state index in [1.54, 1.807) is 0 Å². The third kappa shape index (κ3) is 17.7. The van der Waals surface area contributed by atoms with Gasteiger partial charge in [-0.15, -0.1) is 0 Å². The number of nitrogen functional groups attached to an aromatic ring is 1. The molecule has 2 rings (SSSR count). The van der Waals surface area contributed by atoms with Crippen molar-refractivity contribution >= 4 is 11.9 Å². The summed E-state index contributed by atoms with van der Waals surface area (Å²) in [6.45, 7) is 11.6. The molecular formula is C25H46N4O. The molecule has 0 saturated carbocycles. The smallest absolute Gasteiger partial charge is 0.123 e. The van der Waals surface area contributed by atoms with Gasteiger partial charge in [0.15, 0.2) is 0 Å². The molecule has 0 aliphatic rings. The summed E-state index contributed by atoms with van der Waals surface area (Å²) in [5.74, 6) is 0.900. The van der Waals surface area contributed by atoms with Crippen LogP contribution >= 0.6 is 0 Å². The second-order valence-corrected chi connectivity index (χ2v) is 5.71. The lowest BCUT2D eigenvalue weighted by molar-refractivity contribution is 0.336. The molecule has 0 amide bonds. The van der Waals surface area contributed by atoms with Gasteiger partial charge in [-0.2, -0.15) is 0 Å². The largest absolute Gasteiger partial charge is 0.494 e. The van der Waals surface area contributed by atoms with E-state index in [0.29, 0.717) is 19.6 Å². The molecule has 30 heavy (non-hydrogen) atoms. The highest BCUT2D eigenvalue weighted by Gasteiger charge is 1.97. The van der Waals surface area contributed by atoms with Crippen molar-refractivity contribution in [2.45, 2.75) is 66.8 Å². The Morgan fingerprint density at radius 3 is 1.77 bits per heavy atom. The average molecular weight is 419 g/mol. The first-order valence-electron chi connectivity index (χ1n) is 10.9. The lowest BCUT2D eigenvalue weighted by Gasteiger charge is -2.06. The van der Waals surface area contributed by atoms with Crippen LogP contribution in [0.25, 0.3) is 0 Å². The summed E-state index contributed by atoms with van der Waals surface area (Å²) < 4.78 is 5.35. The number of nitrogens with two attached hydrogens (primary N) is 3. The highest BCUT2D eigenvalue weighted by molar-refractivity contribution is 5.62. The summed E-state index contributed by atoms with van der Waals surface area (Å²) in [6, 6.07) is 15.4. The SMILES string of the molecule is CC.CCCCC.CCOc1ccccc1CN.CN.N=CCc1ccccc1N. The van der Waals surface area contributed by atoms with Crippen molar-refractivity contribution in [1.82, 2.24) is 0 Å². The summed E-state index contributed by atoms with van der Waals surface area (Å²) in [4.78, 5) is 0. The van der Waals surface area contributed by atoms with Crippen LogP contribution in [0.4, 0.5) is 5.69 Å². The molecule has 0 spiro atoms. The van der Waals surface area contributed by atoms with Crippen LogP contribution in [0.1, 0.15) is 65.0 Å². The second kappa shape index (κ2) is 26.6. The van der Waals surface area contributed by atoms with Crippen LogP contribution in [-0.4, -0.2) is 19.9 Å². The predicted molar refractivity (Wildman–Crippen MR) is 136 cm³/mol. The fraction of sp³-hybridized carbons (Fsp3) is 0.480. The van der Waals surface area contributed by atoms with E-state index in [4.69, 9.17) is 21.6 Å². The molecule has 5 nitrogen and oxygen atoms in total. The Morgan fingerprint density at radius 1 is 0.867 bits per heavy atom. The van der Waals surface area contributed by atoms with E-state index in [1.165, 1.54) is 32.5 Å². The number of hydrogen-bond acceptors (Lipinski definition) is 5. The van der Waals surface area contributed by atoms with Gasteiger partial charge in [-0.3, -0.25) is 0 Å². The number of para-hydroxylation sites is 2. The van der Waals surface area contributed by atoms with Crippen molar-refractivity contribution in [3.05, 3.63) is 59.7 Å². The van der Waals surface area contributed by atoms with Crippen LogP contribution < -0.4 is 21.9 Å². The van der Waals surface area contributed by atoms with E-state index in [-0.39, 0.29) is 0 Å². The number of ether oxygens (including phenoxy) is 1. The molecular weight excluding hydrogens is 372 g/mol. The summed E-state index contributed by atoms with van der Waals surface area (Å²) in [5, 5.41) is 6.86. The number of anilines is 1. The second-order valence-electron chi connectivity index (χ2n) is 5.71. The van der Waals surface area contributed by atoms with E-state index in [9.17, 15) is 0 Å². The van der Waals surface area contributed by atoms with Crippen molar-refractivity contribution < 1.29 is 4.74 Å². The van der Waals surface area contributed by atoms with Gasteiger partial charge in [-0.1, -0.05) is 83.4 Å². The minimum absolute atomic E-state index is 0.538. The van der Waals surface area contributed by atoms with E-state index in [0.717, 1.165) is 22.6 Å². The van der Waals surface area contributed by atoms with Crippen molar-refractivity contribution in [2.24, 2.45) is 11.5 Å². The van der Waals surface area contributed by atoms with E-state index in [1.807, 2.05) is 69.3 Å². The van der Waals surface area contributed by atoms with Gasteiger partial charge in [0.25, 0.3) is 0 Å². The molecule has 2 aromatic rings. The third-order valence-corrected chi connectivity index (χ3v) is 3.58. The molecule has 0 saturated heterocycles. The maximum absolute atomic E-state index is 6.86. The van der Waals surface area contributed by atoms with Gasteiger partial charge < -0.3 is 27.3 Å². The van der Waals surface area contributed by atoms with Crippen LogP contribution in [0.2, 0.25) is 0 Å². The van der Waals surface area contributed by atoms with Crippen molar-refractivity contribution in [1.29, 1.82) is 5.41 Å². The molecule has 0 bridgehead atoms. The zero-order chi connectivity index (χ0) is 23.6. The van der Waals surface area contributed by atoms with Crippen LogP contribution in [-0.2, 0) is 13.0 Å². The van der Waals surface area contributed by atoms with Gasteiger partial charge in [-0.25, -0.2) is 0 Å². The summed E-state index contributed by atoms with van der Waals surface area (Å²) in [7, 11) is 1.50. The number of rotatable bonds is 7. The number of hydrogen-bond donors (Lipinski definition) is 4. The van der Waals surface area contributed by atoms with Crippen LogP contribution in [0.3, 0.4) is 0 Å². The topological polar surface area (TPSA) is 111 Å². The molecule has 0 unspecified atom stereocenters. The molecule has 172 valence electrons. The Kier molecular flexibility index (Phi) is 28.7. The zero-order valence-corrected chi connectivity index (χ0v) is 20.1. The maximum atomic E-state index is 6.86. The quantitative estimate of drug-likeness (QED) is 0.336. The lowest BCUT2D eigenvalue weighted by atomic mass is 10.1. The van der Waals surface area contributed by atoms with E-state index >= 15 is 0 Å². The normalized spacial score (nSPS) is 8.40. The maximum Gasteiger partial charge on any atom is 0.123 e. The number of benzene rings is 2. The molecule has 0 heterocycles. The minimum Gasteiger partial charge on any atom is -0.494 e. The minimum atomic E-state index is 0.538. The van der Waals surface area contributed by atoms with Gasteiger partial charge in [0, 0.05) is 24.2 Å². The Hall–Kier alpha value is -2.37. The molecule has 5 heteroatoms. The molecule has 7 N–H and O–H groups in total. The molecule has 0 fully saturated rings. The molecule has 0 aliphatic heterocycles. The third-order valence-electron chi connectivity index (χ3n) is 3.58. The Bertz CT molecular complexity index is 601. The van der Waals surface area contributed by atoms with E-state index < -0.39 is 0 Å². The average Bonchev–Trinajstić information content (AvgIpc) is 2.80. The van der Waals surface area contributed by atoms with Crippen LogP contribution in [0.15, 0.2) is 48.5 Å². The van der Waals surface area contributed by atoms with Crippen LogP contribution in [0, 0.1) is 5.41 Å². The fourth-order valence-corrected chi connectivity index (χ4v) is 2.15. The Morgan fingerprint density at radius 2 is 1.37 bits per heavy atom. The monoisotopic (exact) mass is 418 g/mol. The van der Waals surface area contributed by atoms with Gasteiger partial charge >= 0.3 is 0 Å². The molecule has 0 atom stereocenters. The molecule has 2 aromatic carbocycles. The summed E-state index contributed by atoms with van der Waals surface area (Å²) in [6.07, 6.45) is 6.06. The zero-order valence-electron chi connectivity index (χ0n) is 20.1. The Balaban J connectivity index is -0.000000354. The van der Waals surface area contributed by atoms with Crippen molar-refractivity contribution in [3.63, 3.8) is 0 Å². The molecule has 0 radical (unpaired) electrons. The van der Waals surface area contributed by atoms with Crippen molar-refractivity contribution in [3.8, 4) is 5.75 Å². The van der Waals surface area contributed by atoms with E-state index in [2.05, 4.69) is 19.6 Å². The number of unbranched alkanes of at least 4 members (excludes halogenated alkanes) is 2. The first-order chi connectivity index (χ1) is 14.6. The highest BCUT2D eigenvalue weighted by atomic mass is 16.5. The van der Waals surface area contributed by atoms with Crippen molar-refractivity contribution in [2.75, 3.05) is 19.4 Å². The first-order valence-corrected chi connectivity index (χ1v) is 10.9. The molecule has 0 aromatic heterocycles. The first kappa shape index (κ1) is 32.3. The van der Waals surface area contributed by atoms with Crippen LogP contribution in [0.5, 0.6) is 5.75 Å². The standard InChI is InChI=1S/C9H13NO.C8H10N2.C5H12.C2H6.CH5N/c1-2-11-9-6-4-3-5-8(9)7-10;9-6-5-7-3-1-2-4-8(7)10;1-3-5-4-2;2*1-2/h3-6H,2,7,10H2,1H3;1-4,6,9H,5,10H2;3-5H2,1-2H3;1-2H3;2H2,1H3. The lowest BCUT2D eigenvalue weighted by Crippen LogP contribution is -2.01. The van der Waals surface area contributed by atoms with Gasteiger partial charge in [-0.05, 0) is 37.9 Å². The predicted octanol–water partition coefficient (Wildman–Crippen LogP) is 5.80. The molecule has 0 aliphatic carbocycles. The van der Waals surface area contributed by atoms with Gasteiger partial charge in [0.05, 0.1) is 6.61 Å². The fourth-order valence-electron chi connectivity index (χ4n) is 2.15. The summed E-state index contributed by atoms with van der Waals surface area (Å²) >= 11 is 0.